The van der Waals surface area contributed by atoms with Crippen LogP contribution in [-0.4, -0.2) is 16.0 Å². The molecule has 84 valence electrons. The van der Waals surface area contributed by atoms with Gasteiger partial charge in [-0.1, -0.05) is 19.3 Å². The maximum atomic E-state index is 5.59. The zero-order valence-electron chi connectivity index (χ0n) is 9.15. The lowest BCUT2D eigenvalue weighted by atomic mass is 9.96. The standard InChI is InChI=1S/C12H15N3O/c1-2-4-9(5-3-1)14-12-15-10-6-7-13-8-11(10)16-12/h6-9H,1-5H2,(H,14,15). The van der Waals surface area contributed by atoms with E-state index in [1.807, 2.05) is 6.07 Å². The van der Waals surface area contributed by atoms with Crippen LogP contribution in [0.2, 0.25) is 0 Å². The van der Waals surface area contributed by atoms with Crippen molar-refractivity contribution in [3.8, 4) is 0 Å². The first-order valence-corrected chi connectivity index (χ1v) is 5.89. The van der Waals surface area contributed by atoms with Crippen LogP contribution in [0.15, 0.2) is 22.9 Å². The van der Waals surface area contributed by atoms with Crippen LogP contribution in [0.4, 0.5) is 6.01 Å². The number of rotatable bonds is 2. The van der Waals surface area contributed by atoms with Crippen molar-refractivity contribution in [1.82, 2.24) is 9.97 Å². The number of nitrogens with zero attached hydrogens (tertiary/aromatic N) is 2. The number of hydrogen-bond donors (Lipinski definition) is 1. The topological polar surface area (TPSA) is 51.0 Å². The van der Waals surface area contributed by atoms with Gasteiger partial charge in [0, 0.05) is 12.2 Å². The Morgan fingerprint density at radius 2 is 2.12 bits per heavy atom. The molecule has 0 unspecified atom stereocenters. The van der Waals surface area contributed by atoms with Gasteiger partial charge in [0.2, 0.25) is 0 Å². The number of anilines is 1. The minimum absolute atomic E-state index is 0.523. The van der Waals surface area contributed by atoms with Crippen molar-refractivity contribution >= 4 is 17.1 Å². The molecule has 1 N–H and O–H groups in total. The molecule has 0 atom stereocenters. The Balaban J connectivity index is 1.78. The summed E-state index contributed by atoms with van der Waals surface area (Å²) in [5.74, 6) is 0. The summed E-state index contributed by atoms with van der Waals surface area (Å²) < 4.78 is 5.59. The lowest BCUT2D eigenvalue weighted by Crippen LogP contribution is -2.22. The zero-order valence-corrected chi connectivity index (χ0v) is 9.15. The van der Waals surface area contributed by atoms with E-state index < -0.39 is 0 Å². The molecule has 1 saturated carbocycles. The fraction of sp³-hybridized carbons (Fsp3) is 0.500. The number of oxazole rings is 1. The number of nitrogens with one attached hydrogen (secondary N) is 1. The SMILES string of the molecule is c1cc2nc(NC3CCCCC3)oc2cn1. The molecular weight excluding hydrogens is 202 g/mol. The molecule has 16 heavy (non-hydrogen) atoms. The first kappa shape index (κ1) is 9.63. The molecular formula is C12H15N3O. The summed E-state index contributed by atoms with van der Waals surface area (Å²) in [5.41, 5.74) is 1.62. The van der Waals surface area contributed by atoms with Crippen LogP contribution >= 0.6 is 0 Å². The second-order valence-corrected chi connectivity index (χ2v) is 4.34. The minimum atomic E-state index is 0.523. The van der Waals surface area contributed by atoms with E-state index in [4.69, 9.17) is 4.42 Å². The predicted molar refractivity (Wildman–Crippen MR) is 62.3 cm³/mol. The van der Waals surface area contributed by atoms with E-state index >= 15 is 0 Å². The molecule has 0 aliphatic heterocycles. The minimum Gasteiger partial charge on any atom is -0.422 e. The van der Waals surface area contributed by atoms with E-state index in [1.165, 1.54) is 32.1 Å². The summed E-state index contributed by atoms with van der Waals surface area (Å²) >= 11 is 0. The van der Waals surface area contributed by atoms with Crippen molar-refractivity contribution in [2.45, 2.75) is 38.1 Å². The molecule has 4 nitrogen and oxygen atoms in total. The highest BCUT2D eigenvalue weighted by Crippen LogP contribution is 2.23. The summed E-state index contributed by atoms with van der Waals surface area (Å²) in [6.45, 7) is 0. The largest absolute Gasteiger partial charge is 0.422 e. The molecule has 0 amide bonds. The van der Waals surface area contributed by atoms with Gasteiger partial charge in [0.15, 0.2) is 5.58 Å². The molecule has 4 heteroatoms. The van der Waals surface area contributed by atoms with Gasteiger partial charge in [0.05, 0.1) is 6.20 Å². The molecule has 1 fully saturated rings. The van der Waals surface area contributed by atoms with Gasteiger partial charge in [-0.2, -0.15) is 4.98 Å². The second-order valence-electron chi connectivity index (χ2n) is 4.34. The zero-order chi connectivity index (χ0) is 10.8. The van der Waals surface area contributed by atoms with Crippen molar-refractivity contribution in [3.05, 3.63) is 18.5 Å². The van der Waals surface area contributed by atoms with Crippen LogP contribution in [0.3, 0.4) is 0 Å². The highest BCUT2D eigenvalue weighted by Gasteiger charge is 2.15. The molecule has 0 aromatic carbocycles. The van der Waals surface area contributed by atoms with Gasteiger partial charge >= 0.3 is 0 Å². The van der Waals surface area contributed by atoms with Crippen molar-refractivity contribution in [2.24, 2.45) is 0 Å². The van der Waals surface area contributed by atoms with Crippen molar-refractivity contribution in [3.63, 3.8) is 0 Å². The number of hydrogen-bond acceptors (Lipinski definition) is 4. The molecule has 2 aromatic heterocycles. The van der Waals surface area contributed by atoms with Crippen molar-refractivity contribution in [2.75, 3.05) is 5.32 Å². The quantitative estimate of drug-likeness (QED) is 0.840. The smallest absolute Gasteiger partial charge is 0.295 e. The van der Waals surface area contributed by atoms with Crippen molar-refractivity contribution < 1.29 is 4.42 Å². The number of aromatic nitrogens is 2. The molecule has 2 aromatic rings. The molecule has 0 saturated heterocycles. The number of pyridine rings is 1. The van der Waals surface area contributed by atoms with Crippen LogP contribution in [-0.2, 0) is 0 Å². The Bertz CT molecular complexity index is 441. The first-order valence-electron chi connectivity index (χ1n) is 5.89. The maximum absolute atomic E-state index is 5.59. The van der Waals surface area contributed by atoms with Gasteiger partial charge in [-0.25, -0.2) is 0 Å². The third-order valence-electron chi connectivity index (χ3n) is 3.12. The van der Waals surface area contributed by atoms with Gasteiger partial charge in [-0.05, 0) is 18.9 Å². The highest BCUT2D eigenvalue weighted by atomic mass is 16.4. The van der Waals surface area contributed by atoms with E-state index in [9.17, 15) is 0 Å². The molecule has 3 rings (SSSR count). The highest BCUT2D eigenvalue weighted by molar-refractivity contribution is 5.72. The fourth-order valence-electron chi connectivity index (χ4n) is 2.26. The lowest BCUT2D eigenvalue weighted by Gasteiger charge is -2.21. The Kier molecular flexibility index (Phi) is 2.48. The van der Waals surface area contributed by atoms with E-state index in [2.05, 4.69) is 15.3 Å². The fourth-order valence-corrected chi connectivity index (χ4v) is 2.26. The first-order chi connectivity index (χ1) is 7.92. The van der Waals surface area contributed by atoms with Gasteiger partial charge in [-0.3, -0.25) is 4.98 Å². The Morgan fingerprint density at radius 3 is 2.94 bits per heavy atom. The summed E-state index contributed by atoms with van der Waals surface area (Å²) in [7, 11) is 0. The average molecular weight is 217 g/mol. The molecule has 1 aliphatic rings. The van der Waals surface area contributed by atoms with E-state index in [-0.39, 0.29) is 0 Å². The third-order valence-corrected chi connectivity index (χ3v) is 3.12. The Hall–Kier alpha value is -1.58. The third kappa shape index (κ3) is 1.87. The molecule has 2 heterocycles. The van der Waals surface area contributed by atoms with Crippen LogP contribution in [0.25, 0.3) is 11.1 Å². The Labute approximate surface area is 94.1 Å². The van der Waals surface area contributed by atoms with Crippen LogP contribution in [0.1, 0.15) is 32.1 Å². The lowest BCUT2D eigenvalue weighted by molar-refractivity contribution is 0.451. The van der Waals surface area contributed by atoms with Crippen LogP contribution in [0, 0.1) is 0 Å². The average Bonchev–Trinajstić information content (AvgIpc) is 2.72. The van der Waals surface area contributed by atoms with Gasteiger partial charge in [0.1, 0.15) is 5.52 Å². The summed E-state index contributed by atoms with van der Waals surface area (Å²) in [6.07, 6.45) is 9.84. The summed E-state index contributed by atoms with van der Waals surface area (Å²) in [5, 5.41) is 3.36. The van der Waals surface area contributed by atoms with Crippen LogP contribution in [0.5, 0.6) is 0 Å². The Morgan fingerprint density at radius 1 is 1.25 bits per heavy atom. The monoisotopic (exact) mass is 217 g/mol. The van der Waals surface area contributed by atoms with E-state index in [0.29, 0.717) is 12.1 Å². The normalized spacial score (nSPS) is 17.8. The van der Waals surface area contributed by atoms with Gasteiger partial charge < -0.3 is 9.73 Å². The molecule has 0 bridgehead atoms. The van der Waals surface area contributed by atoms with Crippen molar-refractivity contribution in [1.29, 1.82) is 0 Å². The predicted octanol–water partition coefficient (Wildman–Crippen LogP) is 2.97. The van der Waals surface area contributed by atoms with Gasteiger partial charge in [0.25, 0.3) is 6.01 Å². The van der Waals surface area contributed by atoms with Gasteiger partial charge in [-0.15, -0.1) is 0 Å². The maximum Gasteiger partial charge on any atom is 0.295 e. The van der Waals surface area contributed by atoms with E-state index in [1.54, 1.807) is 12.4 Å². The molecule has 1 aliphatic carbocycles. The second kappa shape index (κ2) is 4.12. The number of fused-ring (bicyclic) bond motifs is 1. The molecule has 0 radical (unpaired) electrons. The van der Waals surface area contributed by atoms with E-state index in [0.717, 1.165) is 11.1 Å². The summed E-state index contributed by atoms with van der Waals surface area (Å²) in [4.78, 5) is 8.40. The summed E-state index contributed by atoms with van der Waals surface area (Å²) in [6, 6.07) is 3.02. The van der Waals surface area contributed by atoms with Crippen LogP contribution < -0.4 is 5.32 Å². The molecule has 0 spiro atoms.